The predicted octanol–water partition coefficient (Wildman–Crippen LogP) is 3.40. The lowest BCUT2D eigenvalue weighted by atomic mass is 9.86. The molecule has 1 aromatic rings. The molecule has 4 nitrogen and oxygen atoms in total. The summed E-state index contributed by atoms with van der Waals surface area (Å²) < 4.78 is 6.24. The highest BCUT2D eigenvalue weighted by Gasteiger charge is 2.48. The van der Waals surface area contributed by atoms with Crippen LogP contribution >= 0.6 is 0 Å². The summed E-state index contributed by atoms with van der Waals surface area (Å²) in [6.07, 6.45) is 7.07. The van der Waals surface area contributed by atoms with Gasteiger partial charge in [0.1, 0.15) is 18.1 Å². The van der Waals surface area contributed by atoms with Gasteiger partial charge in [-0.25, -0.2) is 0 Å². The van der Waals surface area contributed by atoms with Gasteiger partial charge in [-0.1, -0.05) is 37.3 Å². The van der Waals surface area contributed by atoms with Crippen molar-refractivity contribution in [2.24, 2.45) is 11.8 Å². The number of carbonyl (C=O) groups excluding carboxylic acids is 1. The fraction of sp³-hybridized carbons (Fsp3) is 0.542. The minimum atomic E-state index is -0.580. The molecule has 1 heterocycles. The Balaban J connectivity index is 1.76. The Morgan fingerprint density at radius 3 is 2.96 bits per heavy atom. The number of unbranched alkanes of at least 4 members (excludes halogenated alkanes) is 1. The SMILES string of the molecule is CC#CC[C@H](C)[C@H](O)/C=C/[C@@H]1[C@H]2c3cccc(CCCC=O)c3O[C@H]2C[C@H]1O. The molecular weight excluding hydrogens is 352 g/mol. The summed E-state index contributed by atoms with van der Waals surface area (Å²) >= 11 is 0. The summed E-state index contributed by atoms with van der Waals surface area (Å²) in [5.74, 6) is 6.88. The van der Waals surface area contributed by atoms with Gasteiger partial charge < -0.3 is 19.7 Å². The number of hydrogen-bond acceptors (Lipinski definition) is 4. The highest BCUT2D eigenvalue weighted by Crippen LogP contribution is 2.52. The third kappa shape index (κ3) is 4.32. The number of para-hydroxylation sites is 1. The largest absolute Gasteiger partial charge is 0.489 e. The fourth-order valence-corrected chi connectivity index (χ4v) is 4.36. The topological polar surface area (TPSA) is 66.8 Å². The highest BCUT2D eigenvalue weighted by molar-refractivity contribution is 5.51. The van der Waals surface area contributed by atoms with Gasteiger partial charge in [0.25, 0.3) is 0 Å². The quantitative estimate of drug-likeness (QED) is 0.313. The van der Waals surface area contributed by atoms with Crippen LogP contribution in [0.2, 0.25) is 0 Å². The number of benzene rings is 1. The molecule has 150 valence electrons. The zero-order chi connectivity index (χ0) is 20.1. The van der Waals surface area contributed by atoms with Gasteiger partial charge >= 0.3 is 0 Å². The Morgan fingerprint density at radius 1 is 1.39 bits per heavy atom. The average Bonchev–Trinajstić information content (AvgIpc) is 3.19. The Bertz CT molecular complexity index is 773. The second kappa shape index (κ2) is 9.41. The Hall–Kier alpha value is -2.09. The minimum Gasteiger partial charge on any atom is -0.489 e. The molecule has 0 saturated heterocycles. The summed E-state index contributed by atoms with van der Waals surface area (Å²) in [5.41, 5.74) is 2.27. The van der Waals surface area contributed by atoms with Crippen LogP contribution in [-0.4, -0.2) is 34.8 Å². The number of fused-ring (bicyclic) bond motifs is 3. The average molecular weight is 383 g/mol. The maximum Gasteiger partial charge on any atom is 0.126 e. The fourth-order valence-electron chi connectivity index (χ4n) is 4.36. The molecule has 4 heteroatoms. The van der Waals surface area contributed by atoms with Crippen molar-refractivity contribution < 1.29 is 19.7 Å². The first-order valence-electron chi connectivity index (χ1n) is 10.2. The zero-order valence-electron chi connectivity index (χ0n) is 16.7. The Kier molecular flexibility index (Phi) is 6.93. The van der Waals surface area contributed by atoms with E-state index >= 15 is 0 Å². The molecular formula is C24H30O4. The van der Waals surface area contributed by atoms with Gasteiger partial charge in [-0.2, -0.15) is 0 Å². The van der Waals surface area contributed by atoms with E-state index in [1.54, 1.807) is 6.92 Å². The number of aliphatic hydroxyl groups excluding tert-OH is 2. The molecule has 0 spiro atoms. The highest BCUT2D eigenvalue weighted by atomic mass is 16.5. The number of aldehydes is 1. The van der Waals surface area contributed by atoms with Gasteiger partial charge in [0, 0.05) is 36.7 Å². The van der Waals surface area contributed by atoms with Gasteiger partial charge in [-0.3, -0.25) is 0 Å². The van der Waals surface area contributed by atoms with Crippen LogP contribution in [0.15, 0.2) is 30.4 Å². The molecule has 1 fully saturated rings. The van der Waals surface area contributed by atoms with Crippen molar-refractivity contribution in [3.63, 3.8) is 0 Å². The summed E-state index contributed by atoms with van der Waals surface area (Å²) in [6.45, 7) is 3.78. The van der Waals surface area contributed by atoms with Crippen LogP contribution < -0.4 is 4.74 Å². The third-order valence-corrected chi connectivity index (χ3v) is 5.97. The molecule has 2 aliphatic rings. The van der Waals surface area contributed by atoms with Crippen molar-refractivity contribution >= 4 is 6.29 Å². The molecule has 1 aromatic carbocycles. The van der Waals surface area contributed by atoms with E-state index in [1.807, 2.05) is 25.1 Å². The van der Waals surface area contributed by atoms with E-state index in [4.69, 9.17) is 4.74 Å². The maximum atomic E-state index is 10.6. The van der Waals surface area contributed by atoms with Gasteiger partial charge in [-0.15, -0.1) is 11.8 Å². The zero-order valence-corrected chi connectivity index (χ0v) is 16.7. The van der Waals surface area contributed by atoms with Crippen molar-refractivity contribution in [1.29, 1.82) is 0 Å². The van der Waals surface area contributed by atoms with Crippen molar-refractivity contribution in [2.45, 2.75) is 70.2 Å². The van der Waals surface area contributed by atoms with Gasteiger partial charge in [0.05, 0.1) is 12.2 Å². The maximum absolute atomic E-state index is 10.6. The second-order valence-corrected chi connectivity index (χ2v) is 7.94. The number of aryl methyl sites for hydroxylation is 1. The third-order valence-electron chi connectivity index (χ3n) is 5.97. The van der Waals surface area contributed by atoms with Crippen LogP contribution in [-0.2, 0) is 11.2 Å². The number of hydrogen-bond donors (Lipinski definition) is 2. The monoisotopic (exact) mass is 382 g/mol. The van der Waals surface area contributed by atoms with Crippen LogP contribution in [0.4, 0.5) is 0 Å². The van der Waals surface area contributed by atoms with E-state index in [0.29, 0.717) is 19.3 Å². The smallest absolute Gasteiger partial charge is 0.126 e. The molecule has 0 radical (unpaired) electrons. The van der Waals surface area contributed by atoms with Crippen molar-refractivity contribution in [1.82, 2.24) is 0 Å². The van der Waals surface area contributed by atoms with Crippen molar-refractivity contribution in [2.75, 3.05) is 0 Å². The molecule has 1 aliphatic carbocycles. The van der Waals surface area contributed by atoms with Crippen LogP contribution in [0.1, 0.15) is 56.6 Å². The van der Waals surface area contributed by atoms with Gasteiger partial charge in [0.15, 0.2) is 0 Å². The Labute approximate surface area is 167 Å². The summed E-state index contributed by atoms with van der Waals surface area (Å²) in [7, 11) is 0. The first-order chi connectivity index (χ1) is 13.6. The van der Waals surface area contributed by atoms with E-state index in [9.17, 15) is 15.0 Å². The van der Waals surface area contributed by atoms with E-state index in [2.05, 4.69) is 24.0 Å². The van der Waals surface area contributed by atoms with E-state index in [0.717, 1.165) is 36.0 Å². The van der Waals surface area contributed by atoms with Gasteiger partial charge in [0.2, 0.25) is 0 Å². The standard InChI is InChI=1S/C24H30O4/c1-3-4-8-16(2)20(26)13-12-18-21(27)15-22-23(18)19-11-7-10-17(24(19)28-22)9-5-6-14-25/h7,10-14,16,18,20-23,26-27H,5-6,8-9,15H2,1-2H3/b13-12+/t16-,18-,20+,21+,22-,23-/m0/s1. The van der Waals surface area contributed by atoms with Crippen LogP contribution in [0.25, 0.3) is 0 Å². The number of rotatable bonds is 8. The van der Waals surface area contributed by atoms with Crippen LogP contribution in [0.3, 0.4) is 0 Å². The molecule has 6 atom stereocenters. The lowest BCUT2D eigenvalue weighted by Gasteiger charge is -2.19. The molecule has 2 N–H and O–H groups in total. The van der Waals surface area contributed by atoms with E-state index in [1.165, 1.54) is 0 Å². The summed E-state index contributed by atoms with van der Waals surface area (Å²) in [4.78, 5) is 10.6. The summed E-state index contributed by atoms with van der Waals surface area (Å²) in [5, 5.41) is 21.0. The molecule has 0 amide bonds. The van der Waals surface area contributed by atoms with Crippen LogP contribution in [0, 0.1) is 23.7 Å². The number of aliphatic hydroxyl groups is 2. The first-order valence-corrected chi connectivity index (χ1v) is 10.2. The van der Waals surface area contributed by atoms with Gasteiger partial charge in [-0.05, 0) is 31.2 Å². The molecule has 0 unspecified atom stereocenters. The summed E-state index contributed by atoms with van der Waals surface area (Å²) in [6, 6.07) is 6.18. The normalized spacial score (nSPS) is 27.4. The first kappa shape index (κ1) is 20.6. The molecule has 1 aliphatic heterocycles. The lowest BCUT2D eigenvalue weighted by molar-refractivity contribution is -0.107. The number of carbonyl (C=O) groups is 1. The molecule has 0 bridgehead atoms. The lowest BCUT2D eigenvalue weighted by Crippen LogP contribution is -2.19. The minimum absolute atomic E-state index is 0.0348. The Morgan fingerprint density at radius 2 is 2.21 bits per heavy atom. The van der Waals surface area contributed by atoms with E-state index in [-0.39, 0.29) is 23.9 Å². The van der Waals surface area contributed by atoms with Crippen LogP contribution in [0.5, 0.6) is 5.75 Å². The van der Waals surface area contributed by atoms with Crippen molar-refractivity contribution in [3.8, 4) is 17.6 Å². The van der Waals surface area contributed by atoms with E-state index < -0.39 is 12.2 Å². The molecule has 28 heavy (non-hydrogen) atoms. The molecule has 3 rings (SSSR count). The molecule has 1 saturated carbocycles. The second-order valence-electron chi connectivity index (χ2n) is 7.94. The predicted molar refractivity (Wildman–Crippen MR) is 109 cm³/mol. The molecule has 0 aromatic heterocycles. The number of ether oxygens (including phenoxy) is 1. The van der Waals surface area contributed by atoms with Crippen molar-refractivity contribution in [3.05, 3.63) is 41.5 Å².